The molecule has 8 heteroatoms. The molecule has 0 amide bonds. The molecule has 0 radical (unpaired) electrons. The van der Waals surface area contributed by atoms with E-state index >= 15 is 0 Å². The van der Waals surface area contributed by atoms with Crippen LogP contribution in [0.1, 0.15) is 13.8 Å². The molecule has 0 aliphatic carbocycles. The maximum absolute atomic E-state index is 12.1. The molecular weight excluding hydrogens is 292 g/mol. The third-order valence-electron chi connectivity index (χ3n) is 2.43. The molecule has 0 fully saturated rings. The number of hydrogen-bond donors (Lipinski definition) is 1. The molecule has 6 nitrogen and oxygen atoms in total. The van der Waals surface area contributed by atoms with Crippen molar-refractivity contribution < 1.29 is 17.9 Å². The number of nitrogens with zero attached hydrogens (tertiary/aromatic N) is 1. The highest BCUT2D eigenvalue weighted by atomic mass is 35.5. The Balaban J connectivity index is 3.08. The number of halogens is 1. The highest BCUT2D eigenvalue weighted by Gasteiger charge is 2.30. The summed E-state index contributed by atoms with van der Waals surface area (Å²) in [4.78, 5) is 15.1. The lowest BCUT2D eigenvalue weighted by Crippen LogP contribution is -2.44. The van der Waals surface area contributed by atoms with E-state index in [9.17, 15) is 13.2 Å². The van der Waals surface area contributed by atoms with Crippen molar-refractivity contribution in [1.29, 1.82) is 0 Å². The van der Waals surface area contributed by atoms with Crippen molar-refractivity contribution in [2.75, 3.05) is 7.11 Å². The Morgan fingerprint density at radius 1 is 1.47 bits per heavy atom. The second-order valence-electron chi connectivity index (χ2n) is 4.17. The second kappa shape index (κ2) is 6.31. The van der Waals surface area contributed by atoms with Crippen molar-refractivity contribution in [1.82, 2.24) is 9.71 Å². The number of methoxy groups -OCH3 is 1. The Kier molecular flexibility index (Phi) is 5.28. The highest BCUT2D eigenvalue weighted by Crippen LogP contribution is 2.20. The third-order valence-corrected chi connectivity index (χ3v) is 4.34. The van der Waals surface area contributed by atoms with Crippen LogP contribution in [0, 0.1) is 5.92 Å². The molecule has 0 unspecified atom stereocenters. The van der Waals surface area contributed by atoms with E-state index in [4.69, 9.17) is 11.6 Å². The van der Waals surface area contributed by atoms with Crippen LogP contribution < -0.4 is 4.72 Å². The second-order valence-corrected chi connectivity index (χ2v) is 6.26. The smallest absolute Gasteiger partial charge is 0.324 e. The van der Waals surface area contributed by atoms with E-state index in [1.165, 1.54) is 19.4 Å². The normalized spacial score (nSPS) is 13.3. The van der Waals surface area contributed by atoms with Crippen LogP contribution in [-0.2, 0) is 19.6 Å². The van der Waals surface area contributed by atoms with Crippen LogP contribution in [0.5, 0.6) is 0 Å². The summed E-state index contributed by atoms with van der Waals surface area (Å²) in [7, 11) is -2.74. The Morgan fingerprint density at radius 2 is 2.11 bits per heavy atom. The predicted molar refractivity (Wildman–Crippen MR) is 70.2 cm³/mol. The van der Waals surface area contributed by atoms with Crippen LogP contribution in [0.25, 0.3) is 0 Å². The van der Waals surface area contributed by atoms with Gasteiger partial charge in [0.15, 0.2) is 0 Å². The Labute approximate surface area is 117 Å². The van der Waals surface area contributed by atoms with Gasteiger partial charge in [-0.25, -0.2) is 8.42 Å². The van der Waals surface area contributed by atoms with E-state index in [1.54, 1.807) is 13.8 Å². The standard InChI is InChI=1S/C11H15ClN2O4S/c1-7(2)10(11(15)18-3)14-19(16,17)9-6-13-5-4-8(9)12/h4-7,10,14H,1-3H3/t10-/m0/s1. The Hall–Kier alpha value is -1.18. The largest absolute Gasteiger partial charge is 0.468 e. The van der Waals surface area contributed by atoms with Gasteiger partial charge in [0.1, 0.15) is 10.9 Å². The molecule has 0 saturated heterocycles. The van der Waals surface area contributed by atoms with E-state index < -0.39 is 22.0 Å². The summed E-state index contributed by atoms with van der Waals surface area (Å²) < 4.78 is 31.1. The van der Waals surface area contributed by atoms with Crippen LogP contribution in [0.2, 0.25) is 5.02 Å². The molecule has 1 atom stereocenters. The van der Waals surface area contributed by atoms with Crippen LogP contribution in [0.4, 0.5) is 0 Å². The zero-order chi connectivity index (χ0) is 14.6. The molecule has 0 spiro atoms. The van der Waals surface area contributed by atoms with Gasteiger partial charge in [0.05, 0.1) is 12.1 Å². The highest BCUT2D eigenvalue weighted by molar-refractivity contribution is 7.89. The lowest BCUT2D eigenvalue weighted by atomic mass is 10.1. The van der Waals surface area contributed by atoms with Gasteiger partial charge in [-0.05, 0) is 12.0 Å². The summed E-state index contributed by atoms with van der Waals surface area (Å²) >= 11 is 5.81. The minimum atomic E-state index is -3.94. The number of hydrogen-bond acceptors (Lipinski definition) is 5. The number of pyridine rings is 1. The fourth-order valence-electron chi connectivity index (χ4n) is 1.37. The molecule has 0 aromatic carbocycles. The summed E-state index contributed by atoms with van der Waals surface area (Å²) in [5.74, 6) is -0.920. The van der Waals surface area contributed by atoms with Crippen molar-refractivity contribution in [3.05, 3.63) is 23.5 Å². The van der Waals surface area contributed by atoms with Crippen molar-refractivity contribution in [2.24, 2.45) is 5.92 Å². The van der Waals surface area contributed by atoms with E-state index in [2.05, 4.69) is 14.4 Å². The third kappa shape index (κ3) is 3.89. The predicted octanol–water partition coefficient (Wildman–Crippen LogP) is 1.21. The van der Waals surface area contributed by atoms with E-state index in [0.717, 1.165) is 6.20 Å². The van der Waals surface area contributed by atoms with Gasteiger partial charge < -0.3 is 4.74 Å². The first-order chi connectivity index (χ1) is 8.79. The van der Waals surface area contributed by atoms with Gasteiger partial charge in [0.25, 0.3) is 0 Å². The molecule has 0 bridgehead atoms. The lowest BCUT2D eigenvalue weighted by molar-refractivity contribution is -0.143. The van der Waals surface area contributed by atoms with Gasteiger partial charge in [0, 0.05) is 12.4 Å². The van der Waals surface area contributed by atoms with Crippen molar-refractivity contribution in [3.8, 4) is 0 Å². The monoisotopic (exact) mass is 306 g/mol. The zero-order valence-corrected chi connectivity index (χ0v) is 12.3. The summed E-state index contributed by atoms with van der Waals surface area (Å²) in [6.07, 6.45) is 2.50. The van der Waals surface area contributed by atoms with Gasteiger partial charge in [-0.3, -0.25) is 9.78 Å². The number of nitrogens with one attached hydrogen (secondary N) is 1. The first-order valence-electron chi connectivity index (χ1n) is 5.49. The molecule has 1 N–H and O–H groups in total. The number of carbonyl (C=O) groups excluding carboxylic acids is 1. The van der Waals surface area contributed by atoms with Gasteiger partial charge in [-0.2, -0.15) is 4.72 Å². The van der Waals surface area contributed by atoms with Gasteiger partial charge in [-0.15, -0.1) is 0 Å². The summed E-state index contributed by atoms with van der Waals surface area (Å²) in [6, 6.07) is 0.379. The first kappa shape index (κ1) is 15.9. The quantitative estimate of drug-likeness (QED) is 0.826. The van der Waals surface area contributed by atoms with Crippen LogP contribution >= 0.6 is 11.6 Å². The molecule has 0 aliphatic heterocycles. The van der Waals surface area contributed by atoms with Gasteiger partial charge in [-0.1, -0.05) is 25.4 Å². The fourth-order valence-corrected chi connectivity index (χ4v) is 3.14. The Bertz CT molecular complexity index is 560. The molecule has 0 aliphatic rings. The minimum absolute atomic E-state index is 0.0369. The summed E-state index contributed by atoms with van der Waals surface area (Å²) in [5, 5.41) is 0.0369. The number of esters is 1. The van der Waals surface area contributed by atoms with E-state index in [1.807, 2.05) is 0 Å². The lowest BCUT2D eigenvalue weighted by Gasteiger charge is -2.19. The fraction of sp³-hybridized carbons (Fsp3) is 0.455. The average Bonchev–Trinajstić information content (AvgIpc) is 2.35. The van der Waals surface area contributed by atoms with Gasteiger partial charge in [0.2, 0.25) is 10.0 Å². The first-order valence-corrected chi connectivity index (χ1v) is 7.35. The van der Waals surface area contributed by atoms with Crippen LogP contribution in [0.15, 0.2) is 23.4 Å². The maximum atomic E-state index is 12.1. The van der Waals surface area contributed by atoms with Gasteiger partial charge >= 0.3 is 5.97 Å². The molecule has 19 heavy (non-hydrogen) atoms. The van der Waals surface area contributed by atoms with Crippen LogP contribution in [-0.4, -0.2) is 32.5 Å². The SMILES string of the molecule is COC(=O)[C@@H](NS(=O)(=O)c1cnccc1Cl)C(C)C. The number of ether oxygens (including phenoxy) is 1. The number of carbonyl (C=O) groups is 1. The molecular formula is C11H15ClN2O4S. The molecule has 106 valence electrons. The van der Waals surface area contributed by atoms with Crippen molar-refractivity contribution in [2.45, 2.75) is 24.8 Å². The number of aromatic nitrogens is 1. The zero-order valence-electron chi connectivity index (χ0n) is 10.8. The topological polar surface area (TPSA) is 85.4 Å². The molecule has 1 aromatic rings. The Morgan fingerprint density at radius 3 is 2.58 bits per heavy atom. The van der Waals surface area contributed by atoms with Crippen molar-refractivity contribution >= 4 is 27.6 Å². The molecule has 0 saturated carbocycles. The minimum Gasteiger partial charge on any atom is -0.468 e. The average molecular weight is 307 g/mol. The summed E-state index contributed by atoms with van der Waals surface area (Å²) in [6.45, 7) is 3.41. The number of sulfonamides is 1. The number of rotatable bonds is 5. The van der Waals surface area contributed by atoms with Crippen LogP contribution in [0.3, 0.4) is 0 Å². The van der Waals surface area contributed by atoms with E-state index in [-0.39, 0.29) is 15.8 Å². The molecule has 1 rings (SSSR count). The molecule has 1 heterocycles. The maximum Gasteiger partial charge on any atom is 0.324 e. The summed E-state index contributed by atoms with van der Waals surface area (Å²) in [5.41, 5.74) is 0. The van der Waals surface area contributed by atoms with Crippen molar-refractivity contribution in [3.63, 3.8) is 0 Å². The molecule has 1 aromatic heterocycles. The van der Waals surface area contributed by atoms with E-state index in [0.29, 0.717) is 0 Å².